The van der Waals surface area contributed by atoms with Crippen LogP contribution in [0.25, 0.3) is 0 Å². The molecule has 0 radical (unpaired) electrons. The Morgan fingerprint density at radius 2 is 1.29 bits per heavy atom. The normalized spacial score (nSPS) is 15.1. The van der Waals surface area contributed by atoms with Crippen LogP contribution < -0.4 is 0 Å². The number of phosphoric acid groups is 1. The van der Waals surface area contributed by atoms with Gasteiger partial charge in [0.2, 0.25) is 0 Å². The fourth-order valence-corrected chi connectivity index (χ4v) is 1.97. The molecule has 0 atom stereocenters. The van der Waals surface area contributed by atoms with Crippen molar-refractivity contribution >= 4 is 7.82 Å². The second-order valence-electron chi connectivity index (χ2n) is 3.62. The van der Waals surface area contributed by atoms with Gasteiger partial charge >= 0.3 is 20.2 Å². The Labute approximate surface area is 91.8 Å². The molecule has 0 saturated carbocycles. The molecule has 0 heterocycles. The molecule has 0 saturated heterocycles. The first kappa shape index (κ1) is 16.7. The molecule has 0 bridgehead atoms. The van der Waals surface area contributed by atoms with Crippen LogP contribution in [0.15, 0.2) is 0 Å². The van der Waals surface area contributed by atoms with Crippen molar-refractivity contribution in [3.63, 3.8) is 0 Å². The highest BCUT2D eigenvalue weighted by Gasteiger charge is 2.49. The maximum Gasteiger partial charge on any atom is 0.470 e. The summed E-state index contributed by atoms with van der Waals surface area (Å²) in [6.45, 7) is 0.340. The van der Waals surface area contributed by atoms with Crippen molar-refractivity contribution in [1.29, 1.82) is 0 Å². The molecule has 4 nitrogen and oxygen atoms in total. The summed E-state index contributed by atoms with van der Waals surface area (Å²) in [5.41, 5.74) is -3.06. The average molecular weight is 290 g/mol. The largest absolute Gasteiger partial charge is 0.470 e. The summed E-state index contributed by atoms with van der Waals surface area (Å²) in [6.07, 6.45) is -14.3. The van der Waals surface area contributed by atoms with E-state index in [9.17, 15) is 30.9 Å². The van der Waals surface area contributed by atoms with E-state index in [1.54, 1.807) is 0 Å². The van der Waals surface area contributed by atoms with Gasteiger partial charge in [-0.3, -0.25) is 4.52 Å². The van der Waals surface area contributed by atoms with Gasteiger partial charge in [-0.05, 0) is 6.92 Å². The van der Waals surface area contributed by atoms with Crippen molar-refractivity contribution in [1.82, 2.24) is 0 Å². The van der Waals surface area contributed by atoms with Crippen LogP contribution in [0.5, 0.6) is 0 Å². The molecule has 0 amide bonds. The van der Waals surface area contributed by atoms with E-state index in [0.717, 1.165) is 0 Å². The van der Waals surface area contributed by atoms with Crippen molar-refractivity contribution in [3.05, 3.63) is 0 Å². The number of phosphoric ester groups is 1. The smallest absolute Gasteiger partial charge is 0.303 e. The molecule has 0 aromatic heterocycles. The van der Waals surface area contributed by atoms with E-state index >= 15 is 0 Å². The van der Waals surface area contributed by atoms with Gasteiger partial charge in [-0.2, -0.15) is 26.3 Å². The first-order chi connectivity index (χ1) is 7.12. The third-order valence-corrected chi connectivity index (χ3v) is 2.17. The predicted octanol–water partition coefficient (Wildman–Crippen LogP) is 2.76. The summed E-state index contributed by atoms with van der Waals surface area (Å²) in [5, 5.41) is 0. The summed E-state index contributed by atoms with van der Waals surface area (Å²) in [6, 6.07) is 0. The van der Waals surface area contributed by atoms with Crippen molar-refractivity contribution in [2.45, 2.75) is 37.7 Å². The van der Waals surface area contributed by atoms with Crippen molar-refractivity contribution in [3.8, 4) is 0 Å². The molecule has 11 heteroatoms. The first-order valence-corrected chi connectivity index (χ1v) is 5.55. The molecule has 0 aromatic rings. The van der Waals surface area contributed by atoms with Crippen molar-refractivity contribution < 1.29 is 45.2 Å². The van der Waals surface area contributed by atoms with Gasteiger partial charge in [0.1, 0.15) is 0 Å². The fraction of sp³-hybridized carbons (Fsp3) is 1.00. The summed E-state index contributed by atoms with van der Waals surface area (Å²) in [7, 11) is -5.46. The molecule has 17 heavy (non-hydrogen) atoms. The van der Waals surface area contributed by atoms with E-state index in [2.05, 4.69) is 4.52 Å². The molecule has 0 aliphatic carbocycles. The van der Waals surface area contributed by atoms with Gasteiger partial charge < -0.3 is 9.79 Å². The lowest BCUT2D eigenvalue weighted by Gasteiger charge is -2.31. The van der Waals surface area contributed by atoms with E-state index in [4.69, 9.17) is 9.79 Å². The lowest BCUT2D eigenvalue weighted by atomic mass is 9.98. The van der Waals surface area contributed by atoms with Crippen molar-refractivity contribution in [2.75, 3.05) is 0 Å². The van der Waals surface area contributed by atoms with E-state index < -0.39 is 38.6 Å². The average Bonchev–Trinajstić information content (AvgIpc) is 1.65. The molecule has 0 rings (SSSR count). The highest BCUT2D eigenvalue weighted by atomic mass is 31.2. The number of halogens is 6. The minimum Gasteiger partial charge on any atom is -0.303 e. The quantitative estimate of drug-likeness (QED) is 0.617. The van der Waals surface area contributed by atoms with Crippen LogP contribution in [-0.2, 0) is 9.09 Å². The second kappa shape index (κ2) is 4.75. The maximum atomic E-state index is 12.0. The number of hydrogen-bond donors (Lipinski definition) is 2. The van der Waals surface area contributed by atoms with Gasteiger partial charge in [0.25, 0.3) is 0 Å². The van der Waals surface area contributed by atoms with Crippen LogP contribution >= 0.6 is 7.82 Å². The second-order valence-corrected chi connectivity index (χ2v) is 4.78. The number of alkyl halides is 6. The van der Waals surface area contributed by atoms with Crippen LogP contribution in [0.2, 0.25) is 0 Å². The highest BCUT2D eigenvalue weighted by molar-refractivity contribution is 7.46. The first-order valence-electron chi connectivity index (χ1n) is 4.02. The molecule has 2 N–H and O–H groups in total. The standard InChI is InChI=1S/C6H9F6O4P/c1-4(2-5(7,8)9,3-6(10,11)12)16-17(13,14)15/h2-3H2,1H3,(H2,13,14,15). The Hall–Kier alpha value is -0.310. The Bertz CT molecular complexity index is 289. The van der Waals surface area contributed by atoms with Gasteiger partial charge in [-0.1, -0.05) is 0 Å². The molecular weight excluding hydrogens is 281 g/mol. The van der Waals surface area contributed by atoms with Crippen molar-refractivity contribution in [2.24, 2.45) is 0 Å². The number of hydrogen-bond acceptors (Lipinski definition) is 2. The Morgan fingerprint density at radius 1 is 1.00 bits per heavy atom. The fourth-order valence-electron chi connectivity index (χ4n) is 1.26. The maximum absolute atomic E-state index is 12.0. The van der Waals surface area contributed by atoms with Crippen LogP contribution in [0, 0.1) is 0 Å². The SMILES string of the molecule is CC(CC(F)(F)F)(CC(F)(F)F)OP(=O)(O)O. The molecule has 0 unspecified atom stereocenters. The lowest BCUT2D eigenvalue weighted by molar-refractivity contribution is -0.207. The molecule has 0 aromatic carbocycles. The van der Waals surface area contributed by atoms with Crippen LogP contribution in [-0.4, -0.2) is 27.7 Å². The molecular formula is C6H9F6O4P. The van der Waals surface area contributed by atoms with E-state index in [-0.39, 0.29) is 0 Å². The zero-order chi connectivity index (χ0) is 14.1. The van der Waals surface area contributed by atoms with Crippen LogP contribution in [0.1, 0.15) is 19.8 Å². The highest BCUT2D eigenvalue weighted by Crippen LogP contribution is 2.48. The minimum absolute atomic E-state index is 0.340. The van der Waals surface area contributed by atoms with Gasteiger partial charge in [-0.15, -0.1) is 0 Å². The molecule has 0 aliphatic heterocycles. The van der Waals surface area contributed by atoms with E-state index in [1.165, 1.54) is 0 Å². The zero-order valence-corrected chi connectivity index (χ0v) is 9.23. The molecule has 0 aliphatic rings. The van der Waals surface area contributed by atoms with Gasteiger partial charge in [0.15, 0.2) is 0 Å². The van der Waals surface area contributed by atoms with Crippen LogP contribution in [0.4, 0.5) is 26.3 Å². The summed E-state index contributed by atoms with van der Waals surface area (Å²) >= 11 is 0. The summed E-state index contributed by atoms with van der Waals surface area (Å²) < 4.78 is 86.0. The van der Waals surface area contributed by atoms with Gasteiger partial charge in [0, 0.05) is 0 Å². The number of rotatable bonds is 4. The predicted molar refractivity (Wildman–Crippen MR) is 42.9 cm³/mol. The molecule has 0 fully saturated rings. The molecule has 104 valence electrons. The Kier molecular flexibility index (Phi) is 4.67. The van der Waals surface area contributed by atoms with Gasteiger partial charge in [0.05, 0.1) is 18.4 Å². The topological polar surface area (TPSA) is 66.8 Å². The van der Waals surface area contributed by atoms with Gasteiger partial charge in [-0.25, -0.2) is 4.57 Å². The Balaban J connectivity index is 5.01. The monoisotopic (exact) mass is 290 g/mol. The van der Waals surface area contributed by atoms with E-state index in [1.807, 2.05) is 0 Å². The van der Waals surface area contributed by atoms with E-state index in [0.29, 0.717) is 6.92 Å². The van der Waals surface area contributed by atoms with Crippen LogP contribution in [0.3, 0.4) is 0 Å². The lowest BCUT2D eigenvalue weighted by Crippen LogP contribution is -2.38. The third-order valence-electron chi connectivity index (χ3n) is 1.49. The zero-order valence-electron chi connectivity index (χ0n) is 8.34. The Morgan fingerprint density at radius 3 is 1.47 bits per heavy atom. The third kappa shape index (κ3) is 9.40. The molecule has 0 spiro atoms. The minimum atomic E-state index is -5.46. The summed E-state index contributed by atoms with van der Waals surface area (Å²) in [5.74, 6) is 0. The summed E-state index contributed by atoms with van der Waals surface area (Å²) in [4.78, 5) is 16.6.